The van der Waals surface area contributed by atoms with E-state index in [2.05, 4.69) is 10.3 Å². The summed E-state index contributed by atoms with van der Waals surface area (Å²) >= 11 is 1.11. The van der Waals surface area contributed by atoms with Gasteiger partial charge in [0.25, 0.3) is 5.91 Å². The molecular weight excluding hydrogens is 390 g/mol. The first-order valence-electron chi connectivity index (χ1n) is 8.26. The van der Waals surface area contributed by atoms with Gasteiger partial charge in [-0.2, -0.15) is 4.31 Å². The van der Waals surface area contributed by atoms with Crippen molar-refractivity contribution in [2.45, 2.75) is 18.7 Å². The highest BCUT2D eigenvalue weighted by Crippen LogP contribution is 2.24. The molecule has 2 aromatic rings. The van der Waals surface area contributed by atoms with Crippen molar-refractivity contribution in [1.82, 2.24) is 9.29 Å². The van der Waals surface area contributed by atoms with E-state index in [-0.39, 0.29) is 10.7 Å². The number of Topliss-reactive ketones (excluding diaryl/α,β-unsaturated/α-hetero) is 1. The number of carbonyl (C=O) groups is 2. The second-order valence-corrected chi connectivity index (χ2v) is 8.92. The van der Waals surface area contributed by atoms with Crippen LogP contribution >= 0.6 is 11.3 Å². The number of aromatic nitrogens is 1. The maximum atomic E-state index is 12.6. The summed E-state index contributed by atoms with van der Waals surface area (Å²) < 4.78 is 31.7. The predicted octanol–water partition coefficient (Wildman–Crippen LogP) is 1.93. The average molecular weight is 409 g/mol. The average Bonchev–Trinajstić information content (AvgIpc) is 3.03. The van der Waals surface area contributed by atoms with E-state index in [0.717, 1.165) is 11.3 Å². The molecule has 27 heavy (non-hydrogen) atoms. The Balaban J connectivity index is 1.74. The predicted molar refractivity (Wildman–Crippen MR) is 101 cm³/mol. The summed E-state index contributed by atoms with van der Waals surface area (Å²) in [6, 6.07) is 5.73. The molecular formula is C17H19N3O5S2. The second kappa shape index (κ2) is 7.85. The van der Waals surface area contributed by atoms with Crippen molar-refractivity contribution >= 4 is 38.2 Å². The van der Waals surface area contributed by atoms with Gasteiger partial charge in [-0.15, -0.1) is 0 Å². The molecule has 1 aliphatic rings. The molecule has 1 saturated heterocycles. The van der Waals surface area contributed by atoms with Crippen LogP contribution in [0.1, 0.15) is 32.6 Å². The number of morpholine rings is 1. The van der Waals surface area contributed by atoms with Gasteiger partial charge in [0.2, 0.25) is 10.0 Å². The SMILES string of the molecule is CC(=O)c1sc(NC(=O)c2ccc(S(=O)(=O)N3CCOCC3)cc2)nc1C. The smallest absolute Gasteiger partial charge is 0.257 e. The topological polar surface area (TPSA) is 106 Å². The van der Waals surface area contributed by atoms with Crippen LogP contribution in [0.5, 0.6) is 0 Å². The van der Waals surface area contributed by atoms with Gasteiger partial charge >= 0.3 is 0 Å². The van der Waals surface area contributed by atoms with Gasteiger partial charge in [0.15, 0.2) is 10.9 Å². The van der Waals surface area contributed by atoms with Crippen LogP contribution in [0.3, 0.4) is 0 Å². The Kier molecular flexibility index (Phi) is 5.70. The molecule has 3 rings (SSSR count). The Labute approximate surface area is 161 Å². The third-order valence-electron chi connectivity index (χ3n) is 4.06. The zero-order chi connectivity index (χ0) is 19.6. The highest BCUT2D eigenvalue weighted by Gasteiger charge is 2.26. The van der Waals surface area contributed by atoms with Crippen molar-refractivity contribution in [3.8, 4) is 0 Å². The zero-order valence-corrected chi connectivity index (χ0v) is 16.5. The van der Waals surface area contributed by atoms with Crippen molar-refractivity contribution in [2.24, 2.45) is 0 Å². The lowest BCUT2D eigenvalue weighted by molar-refractivity contribution is 0.0730. The van der Waals surface area contributed by atoms with E-state index in [4.69, 9.17) is 4.74 Å². The van der Waals surface area contributed by atoms with Crippen LogP contribution in [-0.2, 0) is 14.8 Å². The van der Waals surface area contributed by atoms with Crippen molar-refractivity contribution in [3.63, 3.8) is 0 Å². The third kappa shape index (κ3) is 4.24. The van der Waals surface area contributed by atoms with E-state index in [1.54, 1.807) is 6.92 Å². The molecule has 0 atom stereocenters. The Morgan fingerprint density at radius 3 is 2.37 bits per heavy atom. The molecule has 8 nitrogen and oxygen atoms in total. The van der Waals surface area contributed by atoms with Crippen LogP contribution in [0.25, 0.3) is 0 Å². The summed E-state index contributed by atoms with van der Waals surface area (Å²) in [7, 11) is -3.60. The van der Waals surface area contributed by atoms with Gasteiger partial charge in [0, 0.05) is 25.6 Å². The monoisotopic (exact) mass is 409 g/mol. The number of rotatable bonds is 5. The summed E-state index contributed by atoms with van der Waals surface area (Å²) in [5.74, 6) is -0.530. The van der Waals surface area contributed by atoms with E-state index in [1.807, 2.05) is 0 Å². The second-order valence-electron chi connectivity index (χ2n) is 5.98. The maximum Gasteiger partial charge on any atom is 0.257 e. The molecule has 0 bridgehead atoms. The molecule has 1 aromatic heterocycles. The quantitative estimate of drug-likeness (QED) is 0.757. The number of nitrogens with one attached hydrogen (secondary N) is 1. The number of thiazole rings is 1. The van der Waals surface area contributed by atoms with E-state index in [0.29, 0.717) is 47.6 Å². The fourth-order valence-corrected chi connectivity index (χ4v) is 4.92. The molecule has 0 spiro atoms. The van der Waals surface area contributed by atoms with Crippen LogP contribution in [0.2, 0.25) is 0 Å². The Hall–Kier alpha value is -2.14. The number of carbonyl (C=O) groups excluding carboxylic acids is 2. The first kappa shape index (κ1) is 19.6. The summed E-state index contributed by atoms with van der Waals surface area (Å²) in [5.41, 5.74) is 0.864. The molecule has 0 unspecified atom stereocenters. The molecule has 10 heteroatoms. The number of sulfonamides is 1. The van der Waals surface area contributed by atoms with Crippen LogP contribution < -0.4 is 5.32 Å². The Morgan fingerprint density at radius 1 is 1.19 bits per heavy atom. The first-order valence-corrected chi connectivity index (χ1v) is 10.5. The van der Waals surface area contributed by atoms with E-state index >= 15 is 0 Å². The van der Waals surface area contributed by atoms with Crippen molar-refractivity contribution < 1.29 is 22.7 Å². The Bertz CT molecular complexity index is 961. The van der Waals surface area contributed by atoms with E-state index < -0.39 is 15.9 Å². The van der Waals surface area contributed by atoms with Crippen molar-refractivity contribution in [1.29, 1.82) is 0 Å². The highest BCUT2D eigenvalue weighted by molar-refractivity contribution is 7.89. The third-order valence-corrected chi connectivity index (χ3v) is 7.15. The number of anilines is 1. The van der Waals surface area contributed by atoms with E-state index in [9.17, 15) is 18.0 Å². The van der Waals surface area contributed by atoms with Crippen LogP contribution in [0.4, 0.5) is 5.13 Å². The minimum atomic E-state index is -3.60. The van der Waals surface area contributed by atoms with Crippen molar-refractivity contribution in [3.05, 3.63) is 40.4 Å². The molecule has 144 valence electrons. The molecule has 1 aliphatic heterocycles. The normalized spacial score (nSPS) is 15.5. The molecule has 0 radical (unpaired) electrons. The molecule has 0 saturated carbocycles. The largest absolute Gasteiger partial charge is 0.379 e. The van der Waals surface area contributed by atoms with Crippen molar-refractivity contribution in [2.75, 3.05) is 31.6 Å². The van der Waals surface area contributed by atoms with Crippen LogP contribution in [0, 0.1) is 6.92 Å². The standard InChI is InChI=1S/C17H19N3O5S2/c1-11-15(12(2)21)26-17(18-11)19-16(22)13-3-5-14(6-4-13)27(23,24)20-7-9-25-10-8-20/h3-6H,7-10H2,1-2H3,(H,18,19,22). The fourth-order valence-electron chi connectivity index (χ4n) is 2.66. The van der Waals surface area contributed by atoms with Gasteiger partial charge in [-0.05, 0) is 31.2 Å². The summed E-state index contributed by atoms with van der Waals surface area (Å²) in [6.07, 6.45) is 0. The lowest BCUT2D eigenvalue weighted by Crippen LogP contribution is -2.40. The molecule has 2 heterocycles. The van der Waals surface area contributed by atoms with Crippen LogP contribution in [0.15, 0.2) is 29.2 Å². The number of ketones is 1. The zero-order valence-electron chi connectivity index (χ0n) is 14.9. The van der Waals surface area contributed by atoms with E-state index in [1.165, 1.54) is 35.5 Å². The first-order chi connectivity index (χ1) is 12.8. The summed E-state index contributed by atoms with van der Waals surface area (Å²) in [4.78, 5) is 28.6. The summed E-state index contributed by atoms with van der Waals surface area (Å²) in [5, 5.41) is 2.96. The molecule has 1 fully saturated rings. The lowest BCUT2D eigenvalue weighted by Gasteiger charge is -2.26. The van der Waals surface area contributed by atoms with Gasteiger partial charge in [0.1, 0.15) is 0 Å². The number of ether oxygens (including phenoxy) is 1. The molecule has 1 amide bonds. The van der Waals surface area contributed by atoms with Gasteiger partial charge in [-0.3, -0.25) is 14.9 Å². The number of hydrogen-bond acceptors (Lipinski definition) is 7. The lowest BCUT2D eigenvalue weighted by atomic mass is 10.2. The Morgan fingerprint density at radius 2 is 1.81 bits per heavy atom. The minimum absolute atomic E-state index is 0.108. The number of benzene rings is 1. The van der Waals surface area contributed by atoms with Gasteiger partial charge < -0.3 is 4.74 Å². The molecule has 0 aliphatic carbocycles. The molecule has 1 N–H and O–H groups in total. The minimum Gasteiger partial charge on any atom is -0.379 e. The number of nitrogens with zero attached hydrogens (tertiary/aromatic N) is 2. The van der Waals surface area contributed by atoms with Crippen LogP contribution in [-0.4, -0.2) is 55.7 Å². The van der Waals surface area contributed by atoms with Gasteiger partial charge in [-0.1, -0.05) is 11.3 Å². The fraction of sp³-hybridized carbons (Fsp3) is 0.353. The summed E-state index contributed by atoms with van der Waals surface area (Å²) in [6.45, 7) is 4.51. The van der Waals surface area contributed by atoms with Gasteiger partial charge in [-0.25, -0.2) is 13.4 Å². The highest BCUT2D eigenvalue weighted by atomic mass is 32.2. The molecule has 1 aromatic carbocycles. The number of aryl methyl sites for hydroxylation is 1. The number of amides is 1. The number of hydrogen-bond donors (Lipinski definition) is 1. The van der Waals surface area contributed by atoms with Gasteiger partial charge in [0.05, 0.1) is 28.7 Å². The maximum absolute atomic E-state index is 12.6.